The number of aromatic carboxylic acids is 1. The van der Waals surface area contributed by atoms with Crippen LogP contribution in [0.2, 0.25) is 0 Å². The van der Waals surface area contributed by atoms with E-state index >= 15 is 0 Å². The van der Waals surface area contributed by atoms with Crippen molar-refractivity contribution in [1.82, 2.24) is 4.98 Å². The first-order valence-electron chi connectivity index (χ1n) is 5.66. The largest absolute Gasteiger partial charge is 0.493 e. The molecule has 20 heavy (non-hydrogen) atoms. The van der Waals surface area contributed by atoms with Crippen LogP contribution in [0, 0.1) is 6.92 Å². The van der Waals surface area contributed by atoms with E-state index < -0.39 is 5.97 Å². The van der Waals surface area contributed by atoms with Crippen LogP contribution in [0.5, 0.6) is 22.4 Å². The van der Waals surface area contributed by atoms with Crippen molar-refractivity contribution in [3.63, 3.8) is 0 Å². The minimum Gasteiger partial charge on any atom is -0.493 e. The number of aryl methyl sites for hydroxylation is 1. The van der Waals surface area contributed by atoms with Crippen LogP contribution in [0.25, 0.3) is 0 Å². The second-order valence-corrected chi connectivity index (χ2v) is 4.75. The van der Waals surface area contributed by atoms with Crippen molar-refractivity contribution >= 4 is 17.3 Å². The van der Waals surface area contributed by atoms with E-state index in [4.69, 9.17) is 19.3 Å². The quantitative estimate of drug-likeness (QED) is 0.913. The molecule has 0 saturated carbocycles. The summed E-state index contributed by atoms with van der Waals surface area (Å²) in [4.78, 5) is 15.2. The fourth-order valence-corrected chi connectivity index (χ4v) is 2.42. The molecule has 0 radical (unpaired) electrons. The lowest BCUT2D eigenvalue weighted by Crippen LogP contribution is -1.94. The summed E-state index contributed by atoms with van der Waals surface area (Å²) in [5.41, 5.74) is 0.416. The molecule has 0 aliphatic rings. The molecule has 0 aliphatic carbocycles. The number of carboxylic acid groups (broad SMARTS) is 1. The Morgan fingerprint density at radius 1 is 1.25 bits per heavy atom. The summed E-state index contributed by atoms with van der Waals surface area (Å²) in [6, 6.07) is 5.18. The van der Waals surface area contributed by atoms with E-state index in [9.17, 15) is 4.79 Å². The number of aromatic nitrogens is 1. The lowest BCUT2D eigenvalue weighted by Gasteiger charge is -2.11. The molecule has 1 heterocycles. The second-order valence-electron chi connectivity index (χ2n) is 3.79. The smallest absolute Gasteiger partial charge is 0.347 e. The van der Waals surface area contributed by atoms with Crippen molar-refractivity contribution in [3.05, 3.63) is 28.8 Å². The molecule has 7 heteroatoms. The molecule has 0 amide bonds. The molecular weight excluding hydrogens is 282 g/mol. The van der Waals surface area contributed by atoms with Crippen LogP contribution in [0.3, 0.4) is 0 Å². The maximum absolute atomic E-state index is 11.0. The van der Waals surface area contributed by atoms with Crippen molar-refractivity contribution < 1.29 is 24.1 Å². The van der Waals surface area contributed by atoms with Gasteiger partial charge in [-0.25, -0.2) is 9.78 Å². The van der Waals surface area contributed by atoms with Crippen molar-refractivity contribution in [1.29, 1.82) is 0 Å². The van der Waals surface area contributed by atoms with Gasteiger partial charge >= 0.3 is 5.97 Å². The molecule has 0 aliphatic heterocycles. The van der Waals surface area contributed by atoms with Gasteiger partial charge in [0.2, 0.25) is 5.75 Å². The van der Waals surface area contributed by atoms with Gasteiger partial charge in [0.05, 0.1) is 19.9 Å². The summed E-state index contributed by atoms with van der Waals surface area (Å²) in [6.07, 6.45) is 0. The minimum atomic E-state index is -1.02. The van der Waals surface area contributed by atoms with Crippen LogP contribution in [0.15, 0.2) is 18.2 Å². The Morgan fingerprint density at radius 3 is 2.50 bits per heavy atom. The lowest BCUT2D eigenvalue weighted by molar-refractivity contribution is 0.0701. The molecule has 6 nitrogen and oxygen atoms in total. The predicted molar refractivity (Wildman–Crippen MR) is 73.4 cm³/mol. The van der Waals surface area contributed by atoms with E-state index in [1.807, 2.05) is 0 Å². The monoisotopic (exact) mass is 295 g/mol. The zero-order chi connectivity index (χ0) is 14.7. The molecule has 1 aromatic heterocycles. The van der Waals surface area contributed by atoms with E-state index in [1.165, 1.54) is 14.2 Å². The average molecular weight is 295 g/mol. The van der Waals surface area contributed by atoms with Crippen molar-refractivity contribution in [3.8, 4) is 22.4 Å². The molecule has 0 saturated heterocycles. The summed E-state index contributed by atoms with van der Waals surface area (Å²) >= 11 is 0.966. The summed E-state index contributed by atoms with van der Waals surface area (Å²) in [7, 11) is 3.03. The number of benzene rings is 1. The minimum absolute atomic E-state index is 0.155. The van der Waals surface area contributed by atoms with E-state index in [0.717, 1.165) is 11.3 Å². The number of hydrogen-bond acceptors (Lipinski definition) is 6. The van der Waals surface area contributed by atoms with Gasteiger partial charge in [0.15, 0.2) is 11.5 Å². The molecule has 0 unspecified atom stereocenters. The fourth-order valence-electron chi connectivity index (χ4n) is 1.65. The molecule has 2 rings (SSSR count). The van der Waals surface area contributed by atoms with E-state index in [0.29, 0.717) is 22.9 Å². The van der Waals surface area contributed by atoms with E-state index in [-0.39, 0.29) is 10.1 Å². The van der Waals surface area contributed by atoms with Gasteiger partial charge in [-0.15, -0.1) is 0 Å². The topological polar surface area (TPSA) is 77.9 Å². The molecule has 1 N–H and O–H groups in total. The molecule has 0 atom stereocenters. The number of ether oxygens (including phenoxy) is 3. The summed E-state index contributed by atoms with van der Waals surface area (Å²) in [6.45, 7) is 1.62. The van der Waals surface area contributed by atoms with Gasteiger partial charge in [0.25, 0.3) is 5.19 Å². The van der Waals surface area contributed by atoms with Crippen molar-refractivity contribution in [2.45, 2.75) is 6.92 Å². The van der Waals surface area contributed by atoms with Gasteiger partial charge in [0, 0.05) is 0 Å². The first-order valence-corrected chi connectivity index (χ1v) is 6.48. The number of carbonyl (C=O) groups is 1. The van der Waals surface area contributed by atoms with Crippen LogP contribution in [-0.2, 0) is 0 Å². The fraction of sp³-hybridized carbons (Fsp3) is 0.231. The van der Waals surface area contributed by atoms with Crippen LogP contribution >= 0.6 is 11.3 Å². The highest BCUT2D eigenvalue weighted by Crippen LogP contribution is 2.40. The van der Waals surface area contributed by atoms with Gasteiger partial charge in [0.1, 0.15) is 4.88 Å². The maximum Gasteiger partial charge on any atom is 0.347 e. The van der Waals surface area contributed by atoms with Crippen molar-refractivity contribution in [2.24, 2.45) is 0 Å². The lowest BCUT2D eigenvalue weighted by atomic mass is 10.3. The molecular formula is C13H13NO5S. The highest BCUT2D eigenvalue weighted by atomic mass is 32.1. The maximum atomic E-state index is 11.0. The van der Waals surface area contributed by atoms with Gasteiger partial charge < -0.3 is 19.3 Å². The number of para-hydroxylation sites is 1. The molecule has 2 aromatic rings. The number of nitrogens with zero attached hydrogens (tertiary/aromatic N) is 1. The summed E-state index contributed by atoms with van der Waals surface area (Å²) < 4.78 is 16.0. The van der Waals surface area contributed by atoms with Crippen molar-refractivity contribution in [2.75, 3.05) is 14.2 Å². The summed E-state index contributed by atoms with van der Waals surface area (Å²) in [5.74, 6) is 0.349. The van der Waals surface area contributed by atoms with Crippen LogP contribution in [0.4, 0.5) is 0 Å². The van der Waals surface area contributed by atoms with Gasteiger partial charge in [-0.1, -0.05) is 17.4 Å². The zero-order valence-corrected chi connectivity index (χ0v) is 12.0. The third kappa shape index (κ3) is 2.67. The van der Waals surface area contributed by atoms with Gasteiger partial charge in [-0.2, -0.15) is 0 Å². The van der Waals surface area contributed by atoms with Crippen LogP contribution in [0.1, 0.15) is 15.4 Å². The molecule has 1 aromatic carbocycles. The second kappa shape index (κ2) is 5.79. The number of methoxy groups -OCH3 is 2. The molecule has 106 valence electrons. The SMILES string of the molecule is COc1cccc(Oc2nc(C)c(C(=O)O)s2)c1OC. The highest BCUT2D eigenvalue weighted by molar-refractivity contribution is 7.15. The van der Waals surface area contributed by atoms with Gasteiger partial charge in [-0.05, 0) is 19.1 Å². The Balaban J connectivity index is 2.35. The molecule has 0 spiro atoms. The number of rotatable bonds is 5. The molecule has 0 bridgehead atoms. The zero-order valence-electron chi connectivity index (χ0n) is 11.2. The Morgan fingerprint density at radius 2 is 1.95 bits per heavy atom. The van der Waals surface area contributed by atoms with E-state index in [2.05, 4.69) is 4.98 Å². The predicted octanol–water partition coefficient (Wildman–Crippen LogP) is 2.96. The van der Waals surface area contributed by atoms with Crippen LogP contribution < -0.4 is 14.2 Å². The number of hydrogen-bond donors (Lipinski definition) is 1. The first-order chi connectivity index (χ1) is 9.56. The number of thiazole rings is 1. The van der Waals surface area contributed by atoms with Crippen LogP contribution in [-0.4, -0.2) is 30.3 Å². The standard InChI is InChI=1S/C13H13NO5S/c1-7-11(12(15)16)20-13(14-7)19-9-6-4-5-8(17-2)10(9)18-3/h4-6H,1-3H3,(H,15,16). The third-order valence-corrected chi connectivity index (χ3v) is 3.56. The Bertz CT molecular complexity index is 638. The molecule has 0 fully saturated rings. The Hall–Kier alpha value is -2.28. The highest BCUT2D eigenvalue weighted by Gasteiger charge is 2.17. The average Bonchev–Trinajstić information content (AvgIpc) is 2.79. The Labute approximate surface area is 119 Å². The first kappa shape index (κ1) is 14.1. The number of carboxylic acids is 1. The third-order valence-electron chi connectivity index (χ3n) is 2.54. The van der Waals surface area contributed by atoms with E-state index in [1.54, 1.807) is 25.1 Å². The Kier molecular flexibility index (Phi) is 4.09. The summed E-state index contributed by atoms with van der Waals surface area (Å²) in [5, 5.41) is 9.24. The van der Waals surface area contributed by atoms with Gasteiger partial charge in [-0.3, -0.25) is 0 Å². The normalized spacial score (nSPS) is 10.2.